The molecule has 3 N–H and O–H groups in total. The second kappa shape index (κ2) is 8.43. The van der Waals surface area contributed by atoms with Gasteiger partial charge in [0.2, 0.25) is 5.91 Å². The fraction of sp³-hybridized carbons (Fsp3) is 0.250. The van der Waals surface area contributed by atoms with Crippen LogP contribution in [-0.4, -0.2) is 38.0 Å². The molecule has 1 aliphatic rings. The number of nitrogens with two attached hydrogens (primary N) is 1. The normalized spacial score (nSPS) is 13.3. The van der Waals surface area contributed by atoms with E-state index in [-0.39, 0.29) is 18.4 Å². The van der Waals surface area contributed by atoms with E-state index in [0.717, 1.165) is 6.42 Å². The van der Waals surface area contributed by atoms with E-state index in [9.17, 15) is 14.4 Å². The second-order valence-electron chi connectivity index (χ2n) is 6.24. The molecule has 8 heteroatoms. The third kappa shape index (κ3) is 4.22. The van der Waals surface area contributed by atoms with Crippen molar-refractivity contribution in [2.45, 2.75) is 12.8 Å². The van der Waals surface area contributed by atoms with Gasteiger partial charge in [0.05, 0.1) is 18.5 Å². The minimum Gasteiger partial charge on any atom is -0.493 e. The first-order chi connectivity index (χ1) is 13.5. The minimum atomic E-state index is -0.614. The van der Waals surface area contributed by atoms with Gasteiger partial charge >= 0.3 is 0 Å². The summed E-state index contributed by atoms with van der Waals surface area (Å²) in [6.45, 7) is 0.338. The predicted octanol–water partition coefficient (Wildman–Crippen LogP) is 1.94. The number of nitrogens with zero attached hydrogens (tertiary/aromatic N) is 1. The molecule has 3 rings (SSSR count). The maximum Gasteiger partial charge on any atom is 0.255 e. The van der Waals surface area contributed by atoms with Gasteiger partial charge in [0.1, 0.15) is 0 Å². The maximum absolute atomic E-state index is 12.7. The number of carbonyl (C=O) groups excluding carboxylic acids is 3. The van der Waals surface area contributed by atoms with E-state index in [1.807, 2.05) is 6.07 Å². The molecule has 2 aromatic rings. The van der Waals surface area contributed by atoms with Gasteiger partial charge in [-0.1, -0.05) is 12.1 Å². The lowest BCUT2D eigenvalue weighted by atomic mass is 10.1. The Bertz CT molecular complexity index is 912. The molecule has 0 aromatic heterocycles. The molecule has 8 nitrogen and oxygen atoms in total. The number of ether oxygens (including phenoxy) is 2. The van der Waals surface area contributed by atoms with Crippen LogP contribution in [-0.2, 0) is 9.59 Å². The number of anilines is 2. The van der Waals surface area contributed by atoms with Gasteiger partial charge in [-0.05, 0) is 36.8 Å². The first kappa shape index (κ1) is 19.2. The molecule has 0 atom stereocenters. The lowest BCUT2D eigenvalue weighted by Crippen LogP contribution is -2.25. The van der Waals surface area contributed by atoms with Gasteiger partial charge in [0, 0.05) is 18.5 Å². The molecule has 0 radical (unpaired) electrons. The highest BCUT2D eigenvalue weighted by Gasteiger charge is 2.24. The number of hydrogen-bond donors (Lipinski definition) is 2. The van der Waals surface area contributed by atoms with E-state index in [2.05, 4.69) is 5.32 Å². The van der Waals surface area contributed by atoms with Gasteiger partial charge in [-0.3, -0.25) is 14.4 Å². The SMILES string of the molecule is COc1cc(C(=O)Nc2ccccc2N2CCCC2=O)ccc1OCC(N)=O. The number of amides is 3. The number of hydrogen-bond acceptors (Lipinski definition) is 5. The monoisotopic (exact) mass is 383 g/mol. The molecule has 2 aromatic carbocycles. The first-order valence-electron chi connectivity index (χ1n) is 8.79. The van der Waals surface area contributed by atoms with Crippen LogP contribution in [0.4, 0.5) is 11.4 Å². The second-order valence-corrected chi connectivity index (χ2v) is 6.24. The standard InChI is InChI=1S/C20H21N3O5/c1-27-17-11-13(8-9-16(17)28-12-18(21)24)20(26)22-14-5-2-3-6-15(14)23-10-4-7-19(23)25/h2-3,5-6,8-9,11H,4,7,10,12H2,1H3,(H2,21,24)(H,22,26). The average Bonchev–Trinajstić information content (AvgIpc) is 3.12. The number of para-hydroxylation sites is 2. The Morgan fingerprint density at radius 2 is 1.96 bits per heavy atom. The summed E-state index contributed by atoms with van der Waals surface area (Å²) in [6.07, 6.45) is 1.30. The van der Waals surface area contributed by atoms with Crippen LogP contribution >= 0.6 is 0 Å². The lowest BCUT2D eigenvalue weighted by molar-refractivity contribution is -0.120. The highest BCUT2D eigenvalue weighted by molar-refractivity contribution is 6.08. The molecule has 0 bridgehead atoms. The van der Waals surface area contributed by atoms with Crippen molar-refractivity contribution in [2.75, 3.05) is 30.5 Å². The summed E-state index contributed by atoms with van der Waals surface area (Å²) >= 11 is 0. The van der Waals surface area contributed by atoms with Gasteiger partial charge < -0.3 is 25.4 Å². The Morgan fingerprint density at radius 3 is 2.64 bits per heavy atom. The predicted molar refractivity (Wildman–Crippen MR) is 104 cm³/mol. The van der Waals surface area contributed by atoms with Crippen LogP contribution in [0.1, 0.15) is 23.2 Å². The molecular weight excluding hydrogens is 362 g/mol. The van der Waals surface area contributed by atoms with E-state index in [1.165, 1.54) is 19.2 Å². The maximum atomic E-state index is 12.7. The van der Waals surface area contributed by atoms with Crippen molar-refractivity contribution >= 4 is 29.1 Å². The van der Waals surface area contributed by atoms with Crippen molar-refractivity contribution in [1.29, 1.82) is 0 Å². The Kier molecular flexibility index (Phi) is 5.78. The van der Waals surface area contributed by atoms with Crippen LogP contribution in [0.25, 0.3) is 0 Å². The smallest absolute Gasteiger partial charge is 0.255 e. The molecule has 3 amide bonds. The van der Waals surface area contributed by atoms with E-state index in [4.69, 9.17) is 15.2 Å². The number of carbonyl (C=O) groups is 3. The molecule has 1 aliphatic heterocycles. The van der Waals surface area contributed by atoms with Gasteiger partial charge in [0.25, 0.3) is 11.8 Å². The summed E-state index contributed by atoms with van der Waals surface area (Å²) in [5.41, 5.74) is 6.64. The minimum absolute atomic E-state index is 0.0410. The van der Waals surface area contributed by atoms with Gasteiger partial charge in [0.15, 0.2) is 18.1 Å². The van der Waals surface area contributed by atoms with E-state index >= 15 is 0 Å². The van der Waals surface area contributed by atoms with E-state index in [1.54, 1.807) is 29.2 Å². The molecule has 28 heavy (non-hydrogen) atoms. The molecule has 0 spiro atoms. The summed E-state index contributed by atoms with van der Waals surface area (Å²) in [5, 5.41) is 2.84. The summed E-state index contributed by atoms with van der Waals surface area (Å²) in [5.74, 6) is -0.326. The first-order valence-corrected chi connectivity index (χ1v) is 8.79. The Morgan fingerprint density at radius 1 is 1.18 bits per heavy atom. The van der Waals surface area contributed by atoms with Crippen molar-refractivity contribution < 1.29 is 23.9 Å². The van der Waals surface area contributed by atoms with Crippen LogP contribution in [0.3, 0.4) is 0 Å². The molecule has 146 valence electrons. The fourth-order valence-electron chi connectivity index (χ4n) is 2.99. The van der Waals surface area contributed by atoms with Gasteiger partial charge in [-0.25, -0.2) is 0 Å². The van der Waals surface area contributed by atoms with Crippen molar-refractivity contribution in [2.24, 2.45) is 5.73 Å². The van der Waals surface area contributed by atoms with Crippen LogP contribution < -0.4 is 25.4 Å². The molecule has 0 saturated carbocycles. The summed E-state index contributed by atoms with van der Waals surface area (Å²) in [4.78, 5) is 37.3. The van der Waals surface area contributed by atoms with Gasteiger partial charge in [-0.15, -0.1) is 0 Å². The number of benzene rings is 2. The number of nitrogens with one attached hydrogen (secondary N) is 1. The molecule has 0 aliphatic carbocycles. The third-order valence-corrected chi connectivity index (χ3v) is 4.31. The molecule has 0 unspecified atom stereocenters. The van der Waals surface area contributed by atoms with Crippen molar-refractivity contribution in [1.82, 2.24) is 0 Å². The van der Waals surface area contributed by atoms with E-state index in [0.29, 0.717) is 41.4 Å². The van der Waals surface area contributed by atoms with Crippen molar-refractivity contribution in [3.05, 3.63) is 48.0 Å². The van der Waals surface area contributed by atoms with Crippen LogP contribution in [0, 0.1) is 0 Å². The highest BCUT2D eigenvalue weighted by atomic mass is 16.5. The van der Waals surface area contributed by atoms with E-state index < -0.39 is 5.91 Å². The average molecular weight is 383 g/mol. The molecule has 1 saturated heterocycles. The third-order valence-electron chi connectivity index (χ3n) is 4.31. The van der Waals surface area contributed by atoms with Crippen molar-refractivity contribution in [3.63, 3.8) is 0 Å². The zero-order chi connectivity index (χ0) is 20.1. The molecule has 1 heterocycles. The number of primary amides is 1. The van der Waals surface area contributed by atoms with Crippen LogP contribution in [0.5, 0.6) is 11.5 Å². The van der Waals surface area contributed by atoms with Gasteiger partial charge in [-0.2, -0.15) is 0 Å². The van der Waals surface area contributed by atoms with Crippen molar-refractivity contribution in [3.8, 4) is 11.5 Å². The fourth-order valence-corrected chi connectivity index (χ4v) is 2.99. The Hall–Kier alpha value is -3.55. The largest absolute Gasteiger partial charge is 0.493 e. The molecule has 1 fully saturated rings. The topological polar surface area (TPSA) is 111 Å². The summed E-state index contributed by atoms with van der Waals surface area (Å²) in [6, 6.07) is 11.8. The zero-order valence-electron chi connectivity index (χ0n) is 15.4. The highest BCUT2D eigenvalue weighted by Crippen LogP contribution is 2.31. The lowest BCUT2D eigenvalue weighted by Gasteiger charge is -2.20. The number of rotatable bonds is 7. The summed E-state index contributed by atoms with van der Waals surface area (Å²) < 4.78 is 10.5. The quantitative estimate of drug-likeness (QED) is 0.759. The molecular formula is C20H21N3O5. The number of methoxy groups -OCH3 is 1. The van der Waals surface area contributed by atoms with Crippen LogP contribution in [0.15, 0.2) is 42.5 Å². The Balaban J connectivity index is 1.80. The zero-order valence-corrected chi connectivity index (χ0v) is 15.4. The Labute approximate surface area is 162 Å². The summed E-state index contributed by atoms with van der Waals surface area (Å²) in [7, 11) is 1.43. The van der Waals surface area contributed by atoms with Crippen LogP contribution in [0.2, 0.25) is 0 Å².